The number of rotatable bonds is 6. The normalized spacial score (nSPS) is 14.4. The molecule has 31 heavy (non-hydrogen) atoms. The number of anilines is 2. The van der Waals surface area contributed by atoms with Gasteiger partial charge in [-0.15, -0.1) is 0 Å². The zero-order chi connectivity index (χ0) is 21.6. The number of aryl methyl sites for hydroxylation is 1. The maximum atomic E-state index is 12.8. The van der Waals surface area contributed by atoms with Crippen LogP contribution in [0.4, 0.5) is 16.2 Å². The second-order valence-electron chi connectivity index (χ2n) is 7.79. The fraction of sp³-hybridized carbons (Fsp3) is 0.240. The maximum absolute atomic E-state index is 12.8. The number of carbonyl (C=O) groups excluding carboxylic acids is 2. The van der Waals surface area contributed by atoms with E-state index in [0.29, 0.717) is 25.1 Å². The Hall–Kier alpha value is -3.67. The number of carbonyl (C=O) groups is 2. The summed E-state index contributed by atoms with van der Waals surface area (Å²) in [6.07, 6.45) is 3.80. The van der Waals surface area contributed by atoms with Gasteiger partial charge in [0.05, 0.1) is 11.7 Å². The van der Waals surface area contributed by atoms with Gasteiger partial charge in [0.1, 0.15) is 0 Å². The van der Waals surface area contributed by atoms with Crippen molar-refractivity contribution in [3.05, 3.63) is 89.7 Å². The van der Waals surface area contributed by atoms with Gasteiger partial charge in [0, 0.05) is 30.5 Å². The van der Waals surface area contributed by atoms with E-state index in [1.165, 1.54) is 5.56 Å². The van der Waals surface area contributed by atoms with Crippen molar-refractivity contribution in [3.8, 4) is 0 Å². The molecule has 1 aliphatic rings. The molecule has 1 aliphatic heterocycles. The molecule has 1 atom stereocenters. The zero-order valence-corrected chi connectivity index (χ0v) is 17.5. The first-order chi connectivity index (χ1) is 15.1. The third kappa shape index (κ3) is 5.28. The molecule has 6 nitrogen and oxygen atoms in total. The molecule has 1 aromatic heterocycles. The topological polar surface area (TPSA) is 74.3 Å². The van der Waals surface area contributed by atoms with Crippen LogP contribution >= 0.6 is 0 Å². The lowest BCUT2D eigenvalue weighted by molar-refractivity contribution is -0.117. The van der Waals surface area contributed by atoms with Crippen LogP contribution in [0.25, 0.3) is 0 Å². The number of nitrogens with one attached hydrogen (secondary N) is 2. The van der Waals surface area contributed by atoms with Gasteiger partial charge in [0.15, 0.2) is 0 Å². The summed E-state index contributed by atoms with van der Waals surface area (Å²) < 4.78 is 0. The minimum absolute atomic E-state index is 0.120. The van der Waals surface area contributed by atoms with Crippen LogP contribution in [-0.2, 0) is 11.2 Å². The molecule has 0 spiro atoms. The van der Waals surface area contributed by atoms with E-state index in [1.807, 2.05) is 42.5 Å². The molecule has 2 heterocycles. The third-order valence-electron chi connectivity index (χ3n) is 5.40. The lowest BCUT2D eigenvalue weighted by atomic mass is 10.0. The zero-order valence-electron chi connectivity index (χ0n) is 17.5. The highest BCUT2D eigenvalue weighted by Crippen LogP contribution is 2.24. The van der Waals surface area contributed by atoms with Crippen LogP contribution in [-0.4, -0.2) is 23.5 Å². The monoisotopic (exact) mass is 414 g/mol. The van der Waals surface area contributed by atoms with Crippen molar-refractivity contribution < 1.29 is 9.59 Å². The van der Waals surface area contributed by atoms with Crippen LogP contribution < -0.4 is 15.5 Å². The molecule has 3 amide bonds. The number of nitrogens with zero attached hydrogens (tertiary/aromatic N) is 2. The SMILES string of the molecule is Cc1ccc(CC(NC(=O)Nc2cccc(N3CCCC3=O)c2)c2ccccn2)cc1. The van der Waals surface area contributed by atoms with E-state index in [-0.39, 0.29) is 18.0 Å². The van der Waals surface area contributed by atoms with E-state index < -0.39 is 0 Å². The Bertz CT molecular complexity index is 1050. The minimum atomic E-state index is -0.312. The van der Waals surface area contributed by atoms with Crippen LogP contribution in [0.15, 0.2) is 72.9 Å². The molecule has 2 N–H and O–H groups in total. The molecule has 6 heteroatoms. The lowest BCUT2D eigenvalue weighted by Crippen LogP contribution is -2.34. The summed E-state index contributed by atoms with van der Waals surface area (Å²) in [7, 11) is 0. The molecule has 0 bridgehead atoms. The second-order valence-corrected chi connectivity index (χ2v) is 7.79. The van der Waals surface area contributed by atoms with Crippen LogP contribution in [0.2, 0.25) is 0 Å². The van der Waals surface area contributed by atoms with Crippen molar-refractivity contribution in [3.63, 3.8) is 0 Å². The summed E-state index contributed by atoms with van der Waals surface area (Å²) in [5.41, 5.74) is 4.57. The lowest BCUT2D eigenvalue weighted by Gasteiger charge is -2.20. The number of pyridine rings is 1. The average Bonchev–Trinajstić information content (AvgIpc) is 3.21. The highest BCUT2D eigenvalue weighted by atomic mass is 16.2. The van der Waals surface area contributed by atoms with Crippen molar-refractivity contribution >= 4 is 23.3 Å². The number of amides is 3. The molecule has 0 aliphatic carbocycles. The number of aromatic nitrogens is 1. The fourth-order valence-corrected chi connectivity index (χ4v) is 3.77. The quantitative estimate of drug-likeness (QED) is 0.618. The predicted octanol–water partition coefficient (Wildman–Crippen LogP) is 4.62. The van der Waals surface area contributed by atoms with Gasteiger partial charge in [0.25, 0.3) is 0 Å². The first-order valence-electron chi connectivity index (χ1n) is 10.5. The average molecular weight is 415 g/mol. The molecule has 158 valence electrons. The first-order valence-corrected chi connectivity index (χ1v) is 10.5. The van der Waals surface area contributed by atoms with E-state index >= 15 is 0 Å². The Labute approximate surface area is 182 Å². The van der Waals surface area contributed by atoms with Gasteiger partial charge in [-0.3, -0.25) is 9.78 Å². The van der Waals surface area contributed by atoms with Crippen LogP contribution in [0.1, 0.15) is 35.7 Å². The van der Waals surface area contributed by atoms with Crippen molar-refractivity contribution in [1.29, 1.82) is 0 Å². The molecule has 1 unspecified atom stereocenters. The van der Waals surface area contributed by atoms with E-state index in [4.69, 9.17) is 0 Å². The van der Waals surface area contributed by atoms with Crippen molar-refractivity contribution in [2.75, 3.05) is 16.8 Å². The van der Waals surface area contributed by atoms with Gasteiger partial charge in [-0.05, 0) is 55.7 Å². The smallest absolute Gasteiger partial charge is 0.319 e. The molecular weight excluding hydrogens is 388 g/mol. The highest BCUT2D eigenvalue weighted by molar-refractivity contribution is 5.96. The Kier molecular flexibility index (Phi) is 6.26. The van der Waals surface area contributed by atoms with Crippen LogP contribution in [0.3, 0.4) is 0 Å². The van der Waals surface area contributed by atoms with Crippen LogP contribution in [0.5, 0.6) is 0 Å². The molecular formula is C25H26N4O2. The molecule has 1 saturated heterocycles. The fourth-order valence-electron chi connectivity index (χ4n) is 3.77. The standard InChI is InChI=1S/C25H26N4O2/c1-18-10-12-19(13-11-18)16-23(22-8-2-3-14-26-22)28-25(31)27-20-6-4-7-21(17-20)29-15-5-9-24(29)30/h2-4,6-8,10-14,17,23H,5,9,15-16H2,1H3,(H2,27,28,31). The van der Waals surface area contributed by atoms with Gasteiger partial charge in [-0.1, -0.05) is 42.0 Å². The Balaban J connectivity index is 1.47. The Morgan fingerprint density at radius 2 is 1.94 bits per heavy atom. The van der Waals surface area contributed by atoms with E-state index in [2.05, 4.69) is 46.8 Å². The largest absolute Gasteiger partial charge is 0.329 e. The first kappa shape index (κ1) is 20.6. The van der Waals surface area contributed by atoms with Gasteiger partial charge in [-0.25, -0.2) is 4.79 Å². The van der Waals surface area contributed by atoms with Crippen LogP contribution in [0, 0.1) is 6.92 Å². The van der Waals surface area contributed by atoms with Gasteiger partial charge in [-0.2, -0.15) is 0 Å². The minimum Gasteiger partial charge on any atom is -0.329 e. The van der Waals surface area contributed by atoms with E-state index in [9.17, 15) is 9.59 Å². The predicted molar refractivity (Wildman–Crippen MR) is 122 cm³/mol. The molecule has 2 aromatic carbocycles. The highest BCUT2D eigenvalue weighted by Gasteiger charge is 2.22. The van der Waals surface area contributed by atoms with Gasteiger partial charge >= 0.3 is 6.03 Å². The summed E-state index contributed by atoms with van der Waals surface area (Å²) >= 11 is 0. The maximum Gasteiger partial charge on any atom is 0.319 e. The van der Waals surface area contributed by atoms with E-state index in [0.717, 1.165) is 23.4 Å². The second kappa shape index (κ2) is 9.43. The number of hydrogen-bond acceptors (Lipinski definition) is 3. The number of urea groups is 1. The Morgan fingerprint density at radius 1 is 1.10 bits per heavy atom. The Morgan fingerprint density at radius 3 is 2.65 bits per heavy atom. The molecule has 0 radical (unpaired) electrons. The van der Waals surface area contributed by atoms with Crippen molar-refractivity contribution in [2.24, 2.45) is 0 Å². The third-order valence-corrected chi connectivity index (χ3v) is 5.40. The van der Waals surface area contributed by atoms with Crippen molar-refractivity contribution in [1.82, 2.24) is 10.3 Å². The summed E-state index contributed by atoms with van der Waals surface area (Å²) in [6.45, 7) is 2.77. The summed E-state index contributed by atoms with van der Waals surface area (Å²) in [4.78, 5) is 31.0. The molecule has 1 fully saturated rings. The molecule has 4 rings (SSSR count). The summed E-state index contributed by atoms with van der Waals surface area (Å²) in [5.74, 6) is 0.120. The van der Waals surface area contributed by atoms with Gasteiger partial charge < -0.3 is 15.5 Å². The summed E-state index contributed by atoms with van der Waals surface area (Å²) in [6, 6.07) is 20.8. The van der Waals surface area contributed by atoms with E-state index in [1.54, 1.807) is 11.1 Å². The molecule has 0 saturated carbocycles. The summed E-state index contributed by atoms with van der Waals surface area (Å²) in [5, 5.41) is 5.95. The molecule has 3 aromatic rings. The number of benzene rings is 2. The number of hydrogen-bond donors (Lipinski definition) is 2. The van der Waals surface area contributed by atoms with Gasteiger partial charge in [0.2, 0.25) is 5.91 Å². The van der Waals surface area contributed by atoms with Crippen molar-refractivity contribution in [2.45, 2.75) is 32.2 Å².